The summed E-state index contributed by atoms with van der Waals surface area (Å²) in [6.07, 6.45) is 3.08. The van der Waals surface area contributed by atoms with E-state index in [1.54, 1.807) is 25.3 Å². The number of carbonyl (C=O) groups excluding carboxylic acids is 1. The molecule has 0 saturated carbocycles. The van der Waals surface area contributed by atoms with Gasteiger partial charge in [0.15, 0.2) is 0 Å². The second kappa shape index (κ2) is 6.83. The summed E-state index contributed by atoms with van der Waals surface area (Å²) < 4.78 is 36.9. The SMILES string of the molecule is COC(=O)C(C)CS(=O)(=O)N1CCC(C)CC1c1ccco1. The Morgan fingerprint density at radius 3 is 2.86 bits per heavy atom. The standard InChI is InChI=1S/C15H23NO5S/c1-11-6-7-16(13(9-11)14-5-4-8-21-14)22(18,19)10-12(2)15(17)20-3/h4-5,8,11-13H,6-7,9-10H2,1-3H3. The molecule has 2 rings (SSSR count). The van der Waals surface area contributed by atoms with Crippen LogP contribution >= 0.6 is 0 Å². The number of carbonyl (C=O) groups is 1. The first-order valence-electron chi connectivity index (χ1n) is 7.46. The number of furan rings is 1. The maximum Gasteiger partial charge on any atom is 0.309 e. The maximum absolute atomic E-state index is 12.7. The highest BCUT2D eigenvalue weighted by molar-refractivity contribution is 7.89. The van der Waals surface area contributed by atoms with Crippen LogP contribution in [0, 0.1) is 11.8 Å². The van der Waals surface area contributed by atoms with E-state index >= 15 is 0 Å². The molecule has 7 heteroatoms. The molecule has 0 N–H and O–H groups in total. The van der Waals surface area contributed by atoms with E-state index in [9.17, 15) is 13.2 Å². The van der Waals surface area contributed by atoms with Gasteiger partial charge in [0.1, 0.15) is 5.76 Å². The van der Waals surface area contributed by atoms with Crippen LogP contribution in [-0.4, -0.2) is 38.1 Å². The van der Waals surface area contributed by atoms with E-state index in [1.165, 1.54) is 11.4 Å². The van der Waals surface area contributed by atoms with Crippen LogP contribution in [0.2, 0.25) is 0 Å². The molecule has 0 amide bonds. The summed E-state index contributed by atoms with van der Waals surface area (Å²) in [6, 6.07) is 3.26. The number of piperidine rings is 1. The van der Waals surface area contributed by atoms with Crippen molar-refractivity contribution in [3.63, 3.8) is 0 Å². The third-order valence-corrected chi connectivity index (χ3v) is 6.18. The molecule has 0 aromatic carbocycles. The van der Waals surface area contributed by atoms with E-state index in [2.05, 4.69) is 11.7 Å². The Morgan fingerprint density at radius 1 is 1.55 bits per heavy atom. The lowest BCUT2D eigenvalue weighted by Crippen LogP contribution is -2.43. The van der Waals surface area contributed by atoms with Crippen molar-refractivity contribution < 1.29 is 22.4 Å². The summed E-state index contributed by atoms with van der Waals surface area (Å²) in [7, 11) is -2.30. The van der Waals surface area contributed by atoms with Gasteiger partial charge in [0.05, 0.1) is 31.1 Å². The van der Waals surface area contributed by atoms with Gasteiger partial charge in [-0.1, -0.05) is 13.8 Å². The van der Waals surface area contributed by atoms with Crippen LogP contribution in [0.25, 0.3) is 0 Å². The quantitative estimate of drug-likeness (QED) is 0.774. The molecule has 1 aromatic heterocycles. The summed E-state index contributed by atoms with van der Waals surface area (Å²) >= 11 is 0. The van der Waals surface area contributed by atoms with Gasteiger partial charge in [-0.05, 0) is 30.9 Å². The molecule has 1 saturated heterocycles. The number of rotatable bonds is 5. The zero-order chi connectivity index (χ0) is 16.3. The Labute approximate surface area is 131 Å². The van der Waals surface area contributed by atoms with E-state index < -0.39 is 21.9 Å². The van der Waals surface area contributed by atoms with Gasteiger partial charge in [0.2, 0.25) is 10.0 Å². The molecule has 1 fully saturated rings. The summed E-state index contributed by atoms with van der Waals surface area (Å²) in [5.41, 5.74) is 0. The monoisotopic (exact) mass is 329 g/mol. The van der Waals surface area contributed by atoms with Crippen LogP contribution < -0.4 is 0 Å². The average Bonchev–Trinajstić information content (AvgIpc) is 2.99. The van der Waals surface area contributed by atoms with Gasteiger partial charge in [-0.25, -0.2) is 8.42 Å². The number of esters is 1. The number of ether oxygens (including phenoxy) is 1. The molecular formula is C15H23NO5S. The van der Waals surface area contributed by atoms with Gasteiger partial charge in [0, 0.05) is 6.54 Å². The molecule has 3 unspecified atom stereocenters. The first kappa shape index (κ1) is 17.0. The number of methoxy groups -OCH3 is 1. The number of hydrogen-bond acceptors (Lipinski definition) is 5. The molecule has 0 spiro atoms. The molecule has 1 aliphatic heterocycles. The lowest BCUT2D eigenvalue weighted by atomic mass is 9.93. The summed E-state index contributed by atoms with van der Waals surface area (Å²) in [6.45, 7) is 4.12. The zero-order valence-corrected chi connectivity index (χ0v) is 14.0. The minimum atomic E-state index is -3.56. The smallest absolute Gasteiger partial charge is 0.309 e. The van der Waals surface area contributed by atoms with Gasteiger partial charge in [-0.3, -0.25) is 4.79 Å². The highest BCUT2D eigenvalue weighted by Crippen LogP contribution is 2.36. The molecule has 3 atom stereocenters. The number of hydrogen-bond donors (Lipinski definition) is 0. The minimum Gasteiger partial charge on any atom is -0.469 e. The molecule has 1 aliphatic rings. The zero-order valence-electron chi connectivity index (χ0n) is 13.2. The first-order chi connectivity index (χ1) is 10.3. The van der Waals surface area contributed by atoms with E-state index in [-0.39, 0.29) is 11.8 Å². The van der Waals surface area contributed by atoms with Gasteiger partial charge in [-0.15, -0.1) is 0 Å². The molecular weight excluding hydrogens is 306 g/mol. The van der Waals surface area contributed by atoms with Crippen molar-refractivity contribution in [2.75, 3.05) is 19.4 Å². The van der Waals surface area contributed by atoms with Gasteiger partial charge in [0.25, 0.3) is 0 Å². The van der Waals surface area contributed by atoms with Gasteiger partial charge < -0.3 is 9.15 Å². The van der Waals surface area contributed by atoms with Crippen LogP contribution in [0.5, 0.6) is 0 Å². The van der Waals surface area contributed by atoms with Crippen LogP contribution in [-0.2, 0) is 19.6 Å². The van der Waals surface area contributed by atoms with Crippen molar-refractivity contribution in [1.29, 1.82) is 0 Å². The Bertz CT molecular complexity index is 595. The molecule has 124 valence electrons. The Balaban J connectivity index is 2.21. The van der Waals surface area contributed by atoms with Gasteiger partial charge >= 0.3 is 5.97 Å². The predicted octanol–water partition coefficient (Wildman–Crippen LogP) is 2.19. The third kappa shape index (κ3) is 3.70. The summed E-state index contributed by atoms with van der Waals surface area (Å²) in [5.74, 6) is -0.360. The van der Waals surface area contributed by atoms with Crippen molar-refractivity contribution in [1.82, 2.24) is 4.31 Å². The first-order valence-corrected chi connectivity index (χ1v) is 9.06. The number of sulfonamides is 1. The van der Waals surface area contributed by atoms with Crippen LogP contribution in [0.1, 0.15) is 38.5 Å². The highest BCUT2D eigenvalue weighted by atomic mass is 32.2. The molecule has 22 heavy (non-hydrogen) atoms. The third-order valence-electron chi connectivity index (χ3n) is 4.11. The fourth-order valence-electron chi connectivity index (χ4n) is 2.87. The second-order valence-electron chi connectivity index (χ2n) is 5.97. The van der Waals surface area contributed by atoms with E-state index in [0.29, 0.717) is 18.2 Å². The Morgan fingerprint density at radius 2 is 2.27 bits per heavy atom. The van der Waals surface area contributed by atoms with Crippen molar-refractivity contribution in [2.24, 2.45) is 11.8 Å². The van der Waals surface area contributed by atoms with E-state index in [1.807, 2.05) is 0 Å². The molecule has 1 aromatic rings. The van der Waals surface area contributed by atoms with E-state index in [4.69, 9.17) is 4.42 Å². The minimum absolute atomic E-state index is 0.245. The molecule has 0 radical (unpaired) electrons. The van der Waals surface area contributed by atoms with Crippen molar-refractivity contribution in [2.45, 2.75) is 32.7 Å². The van der Waals surface area contributed by atoms with Gasteiger partial charge in [-0.2, -0.15) is 4.31 Å². The summed E-state index contributed by atoms with van der Waals surface area (Å²) in [5, 5.41) is 0. The Kier molecular flexibility index (Phi) is 5.28. The van der Waals surface area contributed by atoms with Crippen molar-refractivity contribution in [3.05, 3.63) is 24.2 Å². The lowest BCUT2D eigenvalue weighted by Gasteiger charge is -2.36. The van der Waals surface area contributed by atoms with Crippen molar-refractivity contribution >= 4 is 16.0 Å². The highest BCUT2D eigenvalue weighted by Gasteiger charge is 2.38. The largest absolute Gasteiger partial charge is 0.469 e. The van der Waals surface area contributed by atoms with E-state index in [0.717, 1.165) is 12.8 Å². The fourth-order valence-corrected chi connectivity index (χ4v) is 4.79. The van der Waals surface area contributed by atoms with Crippen molar-refractivity contribution in [3.8, 4) is 0 Å². The predicted molar refractivity (Wildman–Crippen MR) is 81.5 cm³/mol. The fraction of sp³-hybridized carbons (Fsp3) is 0.667. The number of nitrogens with zero attached hydrogens (tertiary/aromatic N) is 1. The molecule has 6 nitrogen and oxygen atoms in total. The molecule has 0 bridgehead atoms. The van der Waals surface area contributed by atoms with Crippen LogP contribution in [0.15, 0.2) is 22.8 Å². The van der Waals surface area contributed by atoms with Crippen LogP contribution in [0.4, 0.5) is 0 Å². The normalized spacial score (nSPS) is 24.9. The topological polar surface area (TPSA) is 76.8 Å². The lowest BCUT2D eigenvalue weighted by molar-refractivity contribution is -0.144. The van der Waals surface area contributed by atoms with Crippen LogP contribution in [0.3, 0.4) is 0 Å². The molecule has 2 heterocycles. The molecule has 0 aliphatic carbocycles. The maximum atomic E-state index is 12.7. The average molecular weight is 329 g/mol. The second-order valence-corrected chi connectivity index (χ2v) is 7.94. The summed E-state index contributed by atoms with van der Waals surface area (Å²) in [4.78, 5) is 11.5. The Hall–Kier alpha value is -1.34.